The largest absolute Gasteiger partial charge is 0.573 e. The fourth-order valence-electron chi connectivity index (χ4n) is 4.95. The Kier molecular flexibility index (Phi) is 8.64. The van der Waals surface area contributed by atoms with Crippen LogP contribution in [0.2, 0.25) is 0 Å². The van der Waals surface area contributed by atoms with E-state index in [9.17, 15) is 26.4 Å². The monoisotopic (exact) mass is 598 g/mol. The van der Waals surface area contributed by atoms with Gasteiger partial charge in [0.25, 0.3) is 15.9 Å². The number of amides is 1. The third kappa shape index (κ3) is 7.18. The second-order valence-corrected chi connectivity index (χ2v) is 11.6. The number of benzene rings is 3. The number of halogens is 3. The van der Waals surface area contributed by atoms with Crippen molar-refractivity contribution in [2.45, 2.75) is 24.1 Å². The molecule has 8 nitrogen and oxygen atoms in total. The average molecular weight is 599 g/mol. The van der Waals surface area contributed by atoms with Gasteiger partial charge in [0.1, 0.15) is 4.90 Å². The topological polar surface area (TPSA) is 91.8 Å². The van der Waals surface area contributed by atoms with Crippen molar-refractivity contribution in [1.29, 1.82) is 0 Å². The third-order valence-electron chi connectivity index (χ3n) is 7.03. The minimum Gasteiger partial charge on any atom is -0.404 e. The molecular formula is C30H29F3N4O4S. The van der Waals surface area contributed by atoms with Crippen LogP contribution >= 0.6 is 0 Å². The normalized spacial score (nSPS) is 14.6. The van der Waals surface area contributed by atoms with E-state index in [4.69, 9.17) is 0 Å². The molecule has 0 saturated carbocycles. The molecule has 0 unspecified atom stereocenters. The molecule has 42 heavy (non-hydrogen) atoms. The van der Waals surface area contributed by atoms with Crippen LogP contribution in [-0.2, 0) is 16.4 Å². The fourth-order valence-corrected chi connectivity index (χ4v) is 6.20. The number of carbonyl (C=O) groups excluding carboxylic acids is 1. The number of aryl methyl sites for hydroxylation is 1. The number of rotatable bonds is 9. The molecule has 12 heteroatoms. The SMILES string of the molecule is O=C(c1ccc(NS(=O)(=O)c2cccc3cccnc23)c(OC(F)(F)F)c1)N1CCN(CCCc2ccccc2)CC1. The summed E-state index contributed by atoms with van der Waals surface area (Å²) in [5.74, 6) is -1.29. The van der Waals surface area contributed by atoms with Crippen LogP contribution in [0.4, 0.5) is 18.9 Å². The van der Waals surface area contributed by atoms with Gasteiger partial charge in [0.05, 0.1) is 11.2 Å². The van der Waals surface area contributed by atoms with Crippen molar-refractivity contribution in [2.24, 2.45) is 0 Å². The maximum atomic E-state index is 13.3. The first kappa shape index (κ1) is 29.3. The Morgan fingerprint density at radius 3 is 2.40 bits per heavy atom. The molecule has 5 rings (SSSR count). The molecule has 1 N–H and O–H groups in total. The zero-order chi connectivity index (χ0) is 29.7. The highest BCUT2D eigenvalue weighted by atomic mass is 32.2. The number of nitrogens with one attached hydrogen (secondary N) is 1. The Morgan fingerprint density at radius 1 is 0.929 bits per heavy atom. The van der Waals surface area contributed by atoms with Crippen molar-refractivity contribution < 1.29 is 31.1 Å². The Hall–Kier alpha value is -4.16. The summed E-state index contributed by atoms with van der Waals surface area (Å²) in [6, 6.07) is 21.3. The number of ether oxygens (including phenoxy) is 1. The van der Waals surface area contributed by atoms with Crippen molar-refractivity contribution >= 4 is 32.5 Å². The Balaban J connectivity index is 1.28. The molecule has 1 aliphatic heterocycles. The first-order valence-electron chi connectivity index (χ1n) is 13.4. The molecular weight excluding hydrogens is 569 g/mol. The highest BCUT2D eigenvalue weighted by Crippen LogP contribution is 2.34. The minimum atomic E-state index is -5.12. The van der Waals surface area contributed by atoms with Crippen LogP contribution in [0.3, 0.4) is 0 Å². The molecule has 1 fully saturated rings. The lowest BCUT2D eigenvalue weighted by molar-refractivity contribution is -0.274. The number of nitrogens with zero attached hydrogens (tertiary/aromatic N) is 3. The van der Waals surface area contributed by atoms with Crippen molar-refractivity contribution in [2.75, 3.05) is 37.4 Å². The fraction of sp³-hybridized carbons (Fsp3) is 0.267. The molecule has 1 amide bonds. The van der Waals surface area contributed by atoms with Gasteiger partial charge in [0.15, 0.2) is 5.75 Å². The van der Waals surface area contributed by atoms with Crippen LogP contribution in [0.1, 0.15) is 22.3 Å². The average Bonchev–Trinajstić information content (AvgIpc) is 2.97. The number of para-hydroxylation sites is 1. The predicted octanol–water partition coefficient (Wildman–Crippen LogP) is 5.32. The summed E-state index contributed by atoms with van der Waals surface area (Å²) in [6.07, 6.45) is -1.77. The summed E-state index contributed by atoms with van der Waals surface area (Å²) in [4.78, 5) is 20.9. The van der Waals surface area contributed by atoms with Crippen LogP contribution < -0.4 is 9.46 Å². The lowest BCUT2D eigenvalue weighted by atomic mass is 10.1. The van der Waals surface area contributed by atoms with E-state index in [1.807, 2.05) is 18.2 Å². The van der Waals surface area contributed by atoms with Crippen molar-refractivity contribution in [3.63, 3.8) is 0 Å². The third-order valence-corrected chi connectivity index (χ3v) is 8.42. The highest BCUT2D eigenvalue weighted by Gasteiger charge is 2.34. The van der Waals surface area contributed by atoms with Gasteiger partial charge in [-0.1, -0.05) is 48.5 Å². The number of alkyl halides is 3. The van der Waals surface area contributed by atoms with Crippen LogP contribution in [0.25, 0.3) is 10.9 Å². The van der Waals surface area contributed by atoms with Crippen molar-refractivity contribution in [1.82, 2.24) is 14.8 Å². The molecule has 3 aromatic carbocycles. The van der Waals surface area contributed by atoms with E-state index in [1.165, 1.54) is 30.0 Å². The molecule has 220 valence electrons. The zero-order valence-corrected chi connectivity index (χ0v) is 23.4. The van der Waals surface area contributed by atoms with Gasteiger partial charge in [0, 0.05) is 43.3 Å². The Bertz CT molecular complexity index is 1650. The van der Waals surface area contributed by atoms with Gasteiger partial charge in [-0.3, -0.25) is 19.4 Å². The molecule has 0 radical (unpaired) electrons. The van der Waals surface area contributed by atoms with Crippen LogP contribution in [0.15, 0.2) is 90.0 Å². The van der Waals surface area contributed by atoms with Crippen LogP contribution in [-0.4, -0.2) is 68.2 Å². The molecule has 0 bridgehead atoms. The molecule has 0 spiro atoms. The number of aromatic nitrogens is 1. The van der Waals surface area contributed by atoms with E-state index in [0.29, 0.717) is 31.6 Å². The van der Waals surface area contributed by atoms with Gasteiger partial charge in [-0.2, -0.15) is 0 Å². The molecule has 4 aromatic rings. The second-order valence-electron chi connectivity index (χ2n) is 9.92. The lowest BCUT2D eigenvalue weighted by Crippen LogP contribution is -2.48. The molecule has 0 atom stereocenters. The number of hydrogen-bond acceptors (Lipinski definition) is 6. The molecule has 1 aliphatic rings. The summed E-state index contributed by atoms with van der Waals surface area (Å²) in [5.41, 5.74) is 0.932. The summed E-state index contributed by atoms with van der Waals surface area (Å²) in [6.45, 7) is 3.00. The van der Waals surface area contributed by atoms with Gasteiger partial charge in [-0.25, -0.2) is 8.42 Å². The molecule has 2 heterocycles. The maximum Gasteiger partial charge on any atom is 0.573 e. The first-order chi connectivity index (χ1) is 20.1. The van der Waals surface area contributed by atoms with Gasteiger partial charge < -0.3 is 9.64 Å². The van der Waals surface area contributed by atoms with E-state index in [-0.39, 0.29) is 16.0 Å². The van der Waals surface area contributed by atoms with Gasteiger partial charge in [-0.05, 0) is 55.3 Å². The van der Waals surface area contributed by atoms with E-state index in [2.05, 4.69) is 31.5 Å². The van der Waals surface area contributed by atoms with Crippen LogP contribution in [0.5, 0.6) is 5.75 Å². The maximum absolute atomic E-state index is 13.3. The van der Waals surface area contributed by atoms with E-state index < -0.39 is 33.7 Å². The summed E-state index contributed by atoms with van der Waals surface area (Å²) in [5, 5.41) is 0.546. The quantitative estimate of drug-likeness (QED) is 0.280. The van der Waals surface area contributed by atoms with E-state index >= 15 is 0 Å². The summed E-state index contributed by atoms with van der Waals surface area (Å²) >= 11 is 0. The lowest BCUT2D eigenvalue weighted by Gasteiger charge is -2.35. The Morgan fingerprint density at radius 2 is 1.67 bits per heavy atom. The number of piperazine rings is 1. The van der Waals surface area contributed by atoms with Gasteiger partial charge in [0.2, 0.25) is 0 Å². The zero-order valence-electron chi connectivity index (χ0n) is 22.5. The number of hydrogen-bond donors (Lipinski definition) is 1. The van der Waals surface area contributed by atoms with Gasteiger partial charge in [-0.15, -0.1) is 13.2 Å². The van der Waals surface area contributed by atoms with Crippen molar-refractivity contribution in [3.8, 4) is 5.75 Å². The highest BCUT2D eigenvalue weighted by molar-refractivity contribution is 7.93. The van der Waals surface area contributed by atoms with Crippen LogP contribution in [0, 0.1) is 0 Å². The van der Waals surface area contributed by atoms with E-state index in [0.717, 1.165) is 31.5 Å². The minimum absolute atomic E-state index is 0.0402. The first-order valence-corrected chi connectivity index (χ1v) is 14.9. The van der Waals surface area contributed by atoms with E-state index in [1.54, 1.807) is 23.1 Å². The number of anilines is 1. The summed E-state index contributed by atoms with van der Waals surface area (Å²) < 4.78 is 72.7. The standard InChI is InChI=1S/C30H29F3N4O4S/c31-30(32,33)41-26-21-24(29(38)37-19-17-36(18-20-37)16-6-9-22-7-2-1-3-8-22)13-14-25(26)35-42(39,40)27-12-4-10-23-11-5-15-34-28(23)27/h1-5,7-8,10-15,21,35H,6,9,16-20H2. The number of carbonyl (C=O) groups is 1. The van der Waals surface area contributed by atoms with Gasteiger partial charge >= 0.3 is 6.36 Å². The predicted molar refractivity (Wildman–Crippen MR) is 153 cm³/mol. The number of sulfonamides is 1. The summed E-state index contributed by atoms with van der Waals surface area (Å²) in [7, 11) is -4.36. The number of fused-ring (bicyclic) bond motifs is 1. The molecule has 1 aromatic heterocycles. The number of pyridine rings is 1. The smallest absolute Gasteiger partial charge is 0.404 e. The molecule has 1 saturated heterocycles. The van der Waals surface area contributed by atoms with Crippen molar-refractivity contribution in [3.05, 3.63) is 96.2 Å². The second kappa shape index (κ2) is 12.4. The molecule has 0 aliphatic carbocycles. The Labute approximate surface area is 241 Å².